The second-order valence-corrected chi connectivity index (χ2v) is 4.38. The van der Waals surface area contributed by atoms with Gasteiger partial charge in [0, 0.05) is 24.0 Å². The Morgan fingerprint density at radius 3 is 3.06 bits per heavy atom. The van der Waals surface area contributed by atoms with E-state index in [4.69, 9.17) is 11.6 Å². The molecule has 1 aliphatic rings. The molecule has 1 unspecified atom stereocenters. The Kier molecular flexibility index (Phi) is 3.15. The third-order valence-electron chi connectivity index (χ3n) is 2.86. The number of anilines is 1. The standard InChI is InChI=1S/C12H13ClFNO/c1-8(7-13)12(16)15-5-4-9-2-3-10(14)6-11(9)15/h2-3,6,8H,4-5,7H2,1H3. The lowest BCUT2D eigenvalue weighted by molar-refractivity contribution is -0.121. The van der Waals surface area contributed by atoms with Crippen LogP contribution in [0.2, 0.25) is 0 Å². The first kappa shape index (κ1) is 11.4. The molecule has 1 amide bonds. The van der Waals surface area contributed by atoms with Gasteiger partial charge in [-0.3, -0.25) is 4.79 Å². The molecule has 1 atom stereocenters. The maximum absolute atomic E-state index is 13.1. The molecule has 0 saturated carbocycles. The second-order valence-electron chi connectivity index (χ2n) is 4.07. The van der Waals surface area contributed by atoms with E-state index < -0.39 is 0 Å². The number of alkyl halides is 1. The monoisotopic (exact) mass is 241 g/mol. The largest absolute Gasteiger partial charge is 0.311 e. The van der Waals surface area contributed by atoms with Gasteiger partial charge in [-0.1, -0.05) is 13.0 Å². The minimum atomic E-state index is -0.308. The first-order chi connectivity index (χ1) is 7.63. The summed E-state index contributed by atoms with van der Waals surface area (Å²) in [6, 6.07) is 4.59. The van der Waals surface area contributed by atoms with Gasteiger partial charge in [0.1, 0.15) is 5.82 Å². The third kappa shape index (κ3) is 1.92. The highest BCUT2D eigenvalue weighted by molar-refractivity contribution is 6.19. The molecular weight excluding hydrogens is 229 g/mol. The predicted molar refractivity (Wildman–Crippen MR) is 62.3 cm³/mol. The number of carbonyl (C=O) groups excluding carboxylic acids is 1. The fourth-order valence-corrected chi connectivity index (χ4v) is 2.05. The number of halogens is 2. The van der Waals surface area contributed by atoms with Crippen LogP contribution in [0.25, 0.3) is 0 Å². The van der Waals surface area contributed by atoms with Crippen LogP contribution in [0.1, 0.15) is 12.5 Å². The lowest BCUT2D eigenvalue weighted by atomic mass is 10.1. The Balaban J connectivity index is 2.29. The van der Waals surface area contributed by atoms with Crippen molar-refractivity contribution in [2.75, 3.05) is 17.3 Å². The maximum Gasteiger partial charge on any atom is 0.231 e. The Labute approximate surface area is 99.0 Å². The van der Waals surface area contributed by atoms with Crippen molar-refractivity contribution in [1.29, 1.82) is 0 Å². The molecule has 2 rings (SSSR count). The molecule has 0 fully saturated rings. The number of hydrogen-bond donors (Lipinski definition) is 0. The molecule has 4 heteroatoms. The van der Waals surface area contributed by atoms with Crippen LogP contribution in [0.3, 0.4) is 0 Å². The number of fused-ring (bicyclic) bond motifs is 1. The van der Waals surface area contributed by atoms with Crippen molar-refractivity contribution in [3.63, 3.8) is 0 Å². The Morgan fingerprint density at radius 1 is 1.62 bits per heavy atom. The van der Waals surface area contributed by atoms with Crippen molar-refractivity contribution in [3.05, 3.63) is 29.6 Å². The summed E-state index contributed by atoms with van der Waals surface area (Å²) >= 11 is 5.66. The van der Waals surface area contributed by atoms with E-state index in [0.29, 0.717) is 18.1 Å². The van der Waals surface area contributed by atoms with Crippen LogP contribution in [0, 0.1) is 11.7 Å². The van der Waals surface area contributed by atoms with Gasteiger partial charge < -0.3 is 4.90 Å². The van der Waals surface area contributed by atoms with Gasteiger partial charge >= 0.3 is 0 Å². The van der Waals surface area contributed by atoms with E-state index in [-0.39, 0.29) is 17.6 Å². The first-order valence-electron chi connectivity index (χ1n) is 5.29. The lowest BCUT2D eigenvalue weighted by Crippen LogP contribution is -2.34. The van der Waals surface area contributed by atoms with Crippen LogP contribution in [0.5, 0.6) is 0 Å². The highest BCUT2D eigenvalue weighted by atomic mass is 35.5. The molecule has 86 valence electrons. The molecule has 0 spiro atoms. The van der Waals surface area contributed by atoms with Gasteiger partial charge in [0.2, 0.25) is 5.91 Å². The van der Waals surface area contributed by atoms with Crippen molar-refractivity contribution >= 4 is 23.2 Å². The minimum absolute atomic E-state index is 0.0284. The van der Waals surface area contributed by atoms with Gasteiger partial charge in [-0.05, 0) is 24.1 Å². The summed E-state index contributed by atoms with van der Waals surface area (Å²) in [6.07, 6.45) is 0.788. The van der Waals surface area contributed by atoms with Gasteiger partial charge in [0.05, 0.1) is 0 Å². The Morgan fingerprint density at radius 2 is 2.38 bits per heavy atom. The van der Waals surface area contributed by atoms with Crippen LogP contribution in [0.4, 0.5) is 10.1 Å². The smallest absolute Gasteiger partial charge is 0.231 e. The molecule has 1 heterocycles. The molecule has 0 aliphatic carbocycles. The van der Waals surface area contributed by atoms with Gasteiger partial charge in [-0.2, -0.15) is 0 Å². The van der Waals surface area contributed by atoms with E-state index in [9.17, 15) is 9.18 Å². The van der Waals surface area contributed by atoms with Crippen LogP contribution < -0.4 is 4.90 Å². The number of carbonyl (C=O) groups is 1. The SMILES string of the molecule is CC(CCl)C(=O)N1CCc2ccc(F)cc21. The van der Waals surface area contributed by atoms with E-state index in [1.807, 2.05) is 0 Å². The first-order valence-corrected chi connectivity index (χ1v) is 5.82. The number of amides is 1. The molecule has 2 nitrogen and oxygen atoms in total. The number of hydrogen-bond acceptors (Lipinski definition) is 1. The van der Waals surface area contributed by atoms with Crippen molar-refractivity contribution in [1.82, 2.24) is 0 Å². The maximum atomic E-state index is 13.1. The Bertz CT molecular complexity index is 421. The highest BCUT2D eigenvalue weighted by Gasteiger charge is 2.27. The topological polar surface area (TPSA) is 20.3 Å². The van der Waals surface area contributed by atoms with E-state index in [1.165, 1.54) is 12.1 Å². The van der Waals surface area contributed by atoms with E-state index >= 15 is 0 Å². The van der Waals surface area contributed by atoms with Gasteiger partial charge in [-0.15, -0.1) is 11.6 Å². The summed E-state index contributed by atoms with van der Waals surface area (Å²) in [6.45, 7) is 2.41. The summed E-state index contributed by atoms with van der Waals surface area (Å²) in [7, 11) is 0. The molecule has 16 heavy (non-hydrogen) atoms. The quantitative estimate of drug-likeness (QED) is 0.729. The molecular formula is C12H13ClFNO. The van der Waals surface area contributed by atoms with Gasteiger partial charge in [0.15, 0.2) is 0 Å². The zero-order valence-electron chi connectivity index (χ0n) is 9.04. The molecule has 0 radical (unpaired) electrons. The van der Waals surface area contributed by atoms with Crippen molar-refractivity contribution in [3.8, 4) is 0 Å². The van der Waals surface area contributed by atoms with Gasteiger partial charge in [-0.25, -0.2) is 4.39 Å². The Hall–Kier alpha value is -1.09. The number of nitrogens with zero attached hydrogens (tertiary/aromatic N) is 1. The summed E-state index contributed by atoms with van der Waals surface area (Å²) in [4.78, 5) is 13.6. The van der Waals surface area contributed by atoms with E-state index in [1.54, 1.807) is 17.9 Å². The van der Waals surface area contributed by atoms with E-state index in [2.05, 4.69) is 0 Å². The highest BCUT2D eigenvalue weighted by Crippen LogP contribution is 2.29. The average molecular weight is 242 g/mol. The van der Waals surface area contributed by atoms with Crippen molar-refractivity contribution in [2.45, 2.75) is 13.3 Å². The van der Waals surface area contributed by atoms with E-state index in [0.717, 1.165) is 12.0 Å². The number of benzene rings is 1. The fourth-order valence-electron chi connectivity index (χ4n) is 1.91. The summed E-state index contributed by atoms with van der Waals surface area (Å²) in [5.41, 5.74) is 1.72. The third-order valence-corrected chi connectivity index (χ3v) is 3.32. The van der Waals surface area contributed by atoms with Crippen molar-refractivity contribution < 1.29 is 9.18 Å². The summed E-state index contributed by atoms with van der Waals surface area (Å²) in [5.74, 6) is -0.271. The average Bonchev–Trinajstić information content (AvgIpc) is 2.69. The van der Waals surface area contributed by atoms with Crippen LogP contribution in [-0.4, -0.2) is 18.3 Å². The van der Waals surface area contributed by atoms with Crippen LogP contribution in [-0.2, 0) is 11.2 Å². The fraction of sp³-hybridized carbons (Fsp3) is 0.417. The van der Waals surface area contributed by atoms with Crippen LogP contribution >= 0.6 is 11.6 Å². The zero-order chi connectivity index (χ0) is 11.7. The molecule has 0 aromatic heterocycles. The molecule has 1 aromatic carbocycles. The van der Waals surface area contributed by atoms with Crippen LogP contribution in [0.15, 0.2) is 18.2 Å². The van der Waals surface area contributed by atoms with Gasteiger partial charge in [0.25, 0.3) is 0 Å². The molecule has 0 bridgehead atoms. The lowest BCUT2D eigenvalue weighted by Gasteiger charge is -2.20. The zero-order valence-corrected chi connectivity index (χ0v) is 9.80. The predicted octanol–water partition coefficient (Wildman–Crippen LogP) is 2.59. The molecule has 0 saturated heterocycles. The molecule has 1 aromatic rings. The number of rotatable bonds is 2. The second kappa shape index (κ2) is 4.42. The molecule has 1 aliphatic heterocycles. The normalized spacial score (nSPS) is 16.1. The summed E-state index contributed by atoms with van der Waals surface area (Å²) in [5, 5.41) is 0. The minimum Gasteiger partial charge on any atom is -0.311 e. The van der Waals surface area contributed by atoms with Crippen molar-refractivity contribution in [2.24, 2.45) is 5.92 Å². The molecule has 0 N–H and O–H groups in total. The summed E-state index contributed by atoms with van der Waals surface area (Å²) < 4.78 is 13.1.